The zero-order valence-corrected chi connectivity index (χ0v) is 22.7. The molecule has 3 heterocycles. The highest BCUT2D eigenvalue weighted by Gasteiger charge is 2.46. The molecule has 4 fully saturated rings. The Morgan fingerprint density at radius 2 is 1.62 bits per heavy atom. The quantitative estimate of drug-likeness (QED) is 0.397. The number of amides is 1. The van der Waals surface area contributed by atoms with Crippen LogP contribution in [-0.4, -0.2) is 70.6 Å². The van der Waals surface area contributed by atoms with Gasteiger partial charge < -0.3 is 20.6 Å². The minimum atomic E-state index is -1.17. The Morgan fingerprint density at radius 1 is 0.923 bits per heavy atom. The van der Waals surface area contributed by atoms with Crippen molar-refractivity contribution in [2.75, 3.05) is 18.1 Å². The molecule has 1 aromatic rings. The summed E-state index contributed by atoms with van der Waals surface area (Å²) in [6.45, 7) is -0.248. The van der Waals surface area contributed by atoms with Crippen molar-refractivity contribution < 1.29 is 19.5 Å². The highest BCUT2D eigenvalue weighted by Crippen LogP contribution is 2.46. The standard InChI is InChI=1S/C30H41N5O4/c31-30(38)29(33-39-18-28(36)37)26-17-34(27-11-4-3-10-25(27)32-26)23-15-21-8-5-9-22(16-23)35(21)24-13-19-6-1-2-7-20(12-19)14-24/h3-4,10-11,19-24H,1-2,5-9,12-18H2,(H2,31,38)(H,36,37). The number of hydrogen-bond donors (Lipinski definition) is 2. The lowest BCUT2D eigenvalue weighted by Crippen LogP contribution is -2.62. The number of fused-ring (bicyclic) bond motifs is 5. The van der Waals surface area contributed by atoms with E-state index in [0.717, 1.165) is 42.1 Å². The number of para-hydroxylation sites is 2. The number of nitrogens with zero attached hydrogens (tertiary/aromatic N) is 4. The zero-order valence-electron chi connectivity index (χ0n) is 22.7. The third-order valence-electron chi connectivity index (χ3n) is 9.84. The number of anilines is 1. The number of carbonyl (C=O) groups is 2. The van der Waals surface area contributed by atoms with Gasteiger partial charge in [0.2, 0.25) is 6.61 Å². The third kappa shape index (κ3) is 5.55. The average Bonchev–Trinajstić information content (AvgIpc) is 3.08. The number of carboxylic acids is 1. The van der Waals surface area contributed by atoms with Crippen molar-refractivity contribution in [1.82, 2.24) is 4.90 Å². The van der Waals surface area contributed by atoms with Gasteiger partial charge in [-0.05, 0) is 68.9 Å². The number of aliphatic carboxylic acids is 1. The van der Waals surface area contributed by atoms with Gasteiger partial charge in [0.15, 0.2) is 5.71 Å². The molecule has 0 aromatic heterocycles. The third-order valence-corrected chi connectivity index (χ3v) is 9.84. The number of nitrogens with two attached hydrogens (primary N) is 1. The van der Waals surface area contributed by atoms with Gasteiger partial charge in [-0.15, -0.1) is 0 Å². The first-order chi connectivity index (χ1) is 19.0. The lowest BCUT2D eigenvalue weighted by molar-refractivity contribution is -0.142. The minimum Gasteiger partial charge on any atom is -0.479 e. The van der Waals surface area contributed by atoms with Gasteiger partial charge in [0.05, 0.1) is 23.6 Å². The van der Waals surface area contributed by atoms with Crippen molar-refractivity contribution in [3.63, 3.8) is 0 Å². The minimum absolute atomic E-state index is 0.113. The van der Waals surface area contributed by atoms with Crippen LogP contribution in [-0.2, 0) is 14.4 Å². The first kappa shape index (κ1) is 26.3. The van der Waals surface area contributed by atoms with E-state index in [0.29, 0.717) is 30.4 Å². The molecule has 4 bridgehead atoms. The second kappa shape index (κ2) is 11.3. The van der Waals surface area contributed by atoms with E-state index in [1.54, 1.807) is 0 Å². The fourth-order valence-corrected chi connectivity index (χ4v) is 8.42. The molecule has 4 unspecified atom stereocenters. The average molecular weight is 536 g/mol. The van der Waals surface area contributed by atoms with E-state index in [-0.39, 0.29) is 5.71 Å². The second-order valence-corrected chi connectivity index (χ2v) is 12.3. The summed E-state index contributed by atoms with van der Waals surface area (Å²) in [6.07, 6.45) is 15.9. The molecule has 5 aliphatic rings. The fraction of sp³-hybridized carbons (Fsp3) is 0.667. The molecular weight excluding hydrogens is 494 g/mol. The lowest BCUT2D eigenvalue weighted by Gasteiger charge is -2.56. The van der Waals surface area contributed by atoms with Crippen LogP contribution in [0.2, 0.25) is 0 Å². The van der Waals surface area contributed by atoms with Crippen molar-refractivity contribution in [3.05, 3.63) is 24.3 Å². The van der Waals surface area contributed by atoms with E-state index >= 15 is 0 Å². The molecule has 210 valence electrons. The molecule has 1 aromatic carbocycles. The van der Waals surface area contributed by atoms with Crippen LogP contribution in [0.15, 0.2) is 34.4 Å². The maximum Gasteiger partial charge on any atom is 0.344 e. The molecule has 4 atom stereocenters. The van der Waals surface area contributed by atoms with Crippen molar-refractivity contribution in [3.8, 4) is 0 Å². The summed E-state index contributed by atoms with van der Waals surface area (Å²) in [6, 6.07) is 10.2. The summed E-state index contributed by atoms with van der Waals surface area (Å²) in [5, 5.41) is 12.7. The van der Waals surface area contributed by atoms with Gasteiger partial charge in [-0.25, -0.2) is 9.79 Å². The van der Waals surface area contributed by atoms with Gasteiger partial charge in [-0.1, -0.05) is 49.4 Å². The van der Waals surface area contributed by atoms with Crippen molar-refractivity contribution in [2.45, 2.75) is 101 Å². The molecular formula is C30H41N5O4. The topological polar surface area (TPSA) is 121 Å². The van der Waals surface area contributed by atoms with Crippen LogP contribution in [0.4, 0.5) is 11.4 Å². The van der Waals surface area contributed by atoms with Gasteiger partial charge in [-0.3, -0.25) is 9.69 Å². The maximum atomic E-state index is 12.3. The fourth-order valence-electron chi connectivity index (χ4n) is 8.42. The summed E-state index contributed by atoms with van der Waals surface area (Å²) in [4.78, 5) is 38.2. The smallest absolute Gasteiger partial charge is 0.344 e. The van der Waals surface area contributed by atoms with Crippen LogP contribution < -0.4 is 10.6 Å². The molecule has 3 N–H and O–H groups in total. The summed E-state index contributed by atoms with van der Waals surface area (Å²) in [7, 11) is 0. The van der Waals surface area contributed by atoms with E-state index in [9.17, 15) is 9.59 Å². The lowest BCUT2D eigenvalue weighted by atomic mass is 9.73. The van der Waals surface area contributed by atoms with Crippen LogP contribution in [0.1, 0.15) is 77.0 Å². The first-order valence-electron chi connectivity index (χ1n) is 14.9. The molecule has 6 rings (SSSR count). The van der Waals surface area contributed by atoms with Crippen LogP contribution in [0.25, 0.3) is 0 Å². The van der Waals surface area contributed by atoms with Crippen LogP contribution >= 0.6 is 0 Å². The number of aliphatic imine (C=N–C) groups is 1. The number of piperidine rings is 2. The summed E-state index contributed by atoms with van der Waals surface area (Å²) in [5.74, 6) is -0.117. The van der Waals surface area contributed by atoms with Crippen molar-refractivity contribution >= 4 is 34.7 Å². The Morgan fingerprint density at radius 3 is 2.28 bits per heavy atom. The molecule has 39 heavy (non-hydrogen) atoms. The van der Waals surface area contributed by atoms with Gasteiger partial charge >= 0.3 is 5.97 Å². The molecule has 0 spiro atoms. The number of rotatable bonds is 7. The SMILES string of the molecule is NC(=O)C(=NOCC(=O)O)C1=Nc2ccccc2N(C2CC3CCCC(C2)N3C2CC3CCCCC(C3)C2)C1. The number of carbonyl (C=O) groups excluding carboxylic acids is 1. The van der Waals surface area contributed by atoms with Gasteiger partial charge in [0.1, 0.15) is 0 Å². The van der Waals surface area contributed by atoms with E-state index in [4.69, 9.17) is 20.7 Å². The van der Waals surface area contributed by atoms with Crippen molar-refractivity contribution in [2.24, 2.45) is 27.7 Å². The monoisotopic (exact) mass is 535 g/mol. The number of oxime groups is 1. The molecule has 9 heteroatoms. The van der Waals surface area contributed by atoms with E-state index in [1.165, 1.54) is 64.2 Å². The van der Waals surface area contributed by atoms with E-state index < -0.39 is 18.5 Å². The van der Waals surface area contributed by atoms with Gasteiger partial charge in [0.25, 0.3) is 5.91 Å². The Balaban J connectivity index is 1.24. The molecule has 2 aliphatic carbocycles. The van der Waals surface area contributed by atoms with Crippen LogP contribution in [0.5, 0.6) is 0 Å². The first-order valence-corrected chi connectivity index (χ1v) is 14.9. The Labute approximate surface area is 230 Å². The number of hydrogen-bond acceptors (Lipinski definition) is 7. The summed E-state index contributed by atoms with van der Waals surface area (Å²) < 4.78 is 0. The largest absolute Gasteiger partial charge is 0.479 e. The predicted octanol–water partition coefficient (Wildman–Crippen LogP) is 4.27. The Kier molecular flexibility index (Phi) is 7.60. The van der Waals surface area contributed by atoms with Gasteiger partial charge in [-0.2, -0.15) is 0 Å². The normalized spacial score (nSPS) is 33.0. The molecule has 2 saturated carbocycles. The van der Waals surface area contributed by atoms with E-state index in [1.807, 2.05) is 18.2 Å². The predicted molar refractivity (Wildman–Crippen MR) is 150 cm³/mol. The summed E-state index contributed by atoms with van der Waals surface area (Å²) in [5.41, 5.74) is 7.80. The second-order valence-electron chi connectivity index (χ2n) is 12.3. The molecule has 9 nitrogen and oxygen atoms in total. The zero-order chi connectivity index (χ0) is 26.9. The summed E-state index contributed by atoms with van der Waals surface area (Å²) >= 11 is 0. The molecule has 0 radical (unpaired) electrons. The highest BCUT2D eigenvalue weighted by molar-refractivity contribution is 6.67. The number of carboxylic acid groups (broad SMARTS) is 1. The Hall–Kier alpha value is -2.94. The van der Waals surface area contributed by atoms with Crippen LogP contribution in [0, 0.1) is 11.8 Å². The van der Waals surface area contributed by atoms with Gasteiger partial charge in [0, 0.05) is 24.2 Å². The molecule has 1 amide bonds. The maximum absolute atomic E-state index is 12.3. The highest BCUT2D eigenvalue weighted by atomic mass is 16.6. The van der Waals surface area contributed by atoms with E-state index in [2.05, 4.69) is 21.0 Å². The Bertz CT molecular complexity index is 1120. The van der Waals surface area contributed by atoms with Crippen molar-refractivity contribution in [1.29, 1.82) is 0 Å². The number of benzene rings is 1. The molecule has 2 saturated heterocycles. The van der Waals surface area contributed by atoms with Crippen LogP contribution in [0.3, 0.4) is 0 Å². The molecule has 3 aliphatic heterocycles. The number of primary amides is 1.